The van der Waals surface area contributed by atoms with Crippen molar-refractivity contribution < 1.29 is 28.2 Å². The van der Waals surface area contributed by atoms with Crippen molar-refractivity contribution >= 4 is 22.9 Å². The number of ether oxygens (including phenoxy) is 3. The molecule has 0 saturated carbocycles. The molecule has 1 aliphatic heterocycles. The first-order valence-electron chi connectivity index (χ1n) is 8.87. The highest BCUT2D eigenvalue weighted by molar-refractivity contribution is 5.86. The summed E-state index contributed by atoms with van der Waals surface area (Å²) in [5.41, 5.74) is -0.151. The molecule has 2 heterocycles. The molecular formula is C21H22O7. The Balaban J connectivity index is 2.14. The fourth-order valence-corrected chi connectivity index (χ4v) is 3.31. The van der Waals surface area contributed by atoms with Gasteiger partial charge in [-0.05, 0) is 45.9 Å². The first-order chi connectivity index (χ1) is 13.1. The summed E-state index contributed by atoms with van der Waals surface area (Å²) in [6.07, 6.45) is -0.395. The number of fused-ring (bicyclic) bond motifs is 3. The van der Waals surface area contributed by atoms with Crippen LogP contribution in [0.5, 0.6) is 5.75 Å². The van der Waals surface area contributed by atoms with Gasteiger partial charge in [0.05, 0.1) is 5.56 Å². The summed E-state index contributed by atoms with van der Waals surface area (Å²) in [6.45, 7) is 8.18. The Hall–Kier alpha value is -3.09. The first kappa shape index (κ1) is 19.7. The lowest BCUT2D eigenvalue weighted by molar-refractivity contribution is -0.173. The quantitative estimate of drug-likeness (QED) is 0.451. The van der Waals surface area contributed by atoms with Crippen molar-refractivity contribution in [1.29, 1.82) is 0 Å². The number of carbonyl (C=O) groups excluding carboxylic acids is 2. The lowest BCUT2D eigenvalue weighted by atomic mass is 9.93. The number of hydrogen-bond acceptors (Lipinski definition) is 7. The molecule has 0 spiro atoms. The van der Waals surface area contributed by atoms with Gasteiger partial charge in [0.1, 0.15) is 16.9 Å². The van der Waals surface area contributed by atoms with Crippen LogP contribution in [0, 0.1) is 0 Å². The van der Waals surface area contributed by atoms with Gasteiger partial charge in [-0.1, -0.05) is 5.57 Å². The highest BCUT2D eigenvalue weighted by Gasteiger charge is 2.49. The third-order valence-electron chi connectivity index (χ3n) is 4.34. The van der Waals surface area contributed by atoms with Gasteiger partial charge in [0.15, 0.2) is 12.2 Å². The monoisotopic (exact) mass is 386 g/mol. The van der Waals surface area contributed by atoms with Crippen LogP contribution >= 0.6 is 0 Å². The van der Waals surface area contributed by atoms with Crippen LogP contribution in [0.4, 0.5) is 0 Å². The Morgan fingerprint density at radius 3 is 2.43 bits per heavy atom. The fourth-order valence-electron chi connectivity index (χ4n) is 3.31. The molecule has 0 bridgehead atoms. The van der Waals surface area contributed by atoms with E-state index in [9.17, 15) is 14.4 Å². The standard InChI is InChI=1S/C21H22O7/c1-11(2)10-16(24)27-19-17-14(25-20(19)21(4,5)28-12(3)22)8-6-13-7-9-15(23)26-18(13)17/h6-10,19-20H,1-5H3/t19-,20+/m1/s1. The number of carbonyl (C=O) groups is 2. The van der Waals surface area contributed by atoms with Crippen molar-refractivity contribution in [2.45, 2.75) is 52.4 Å². The second-order valence-corrected chi connectivity index (χ2v) is 7.46. The number of esters is 2. The molecule has 7 nitrogen and oxygen atoms in total. The van der Waals surface area contributed by atoms with Gasteiger partial charge in [0.25, 0.3) is 0 Å². The molecule has 148 valence electrons. The summed E-state index contributed by atoms with van der Waals surface area (Å²) in [4.78, 5) is 35.7. The van der Waals surface area contributed by atoms with E-state index in [1.54, 1.807) is 45.9 Å². The number of hydrogen-bond donors (Lipinski definition) is 0. The summed E-state index contributed by atoms with van der Waals surface area (Å²) in [6, 6.07) is 6.40. The van der Waals surface area contributed by atoms with Crippen LogP contribution in [0.2, 0.25) is 0 Å². The number of rotatable bonds is 4. The topological polar surface area (TPSA) is 92.0 Å². The van der Waals surface area contributed by atoms with E-state index in [-0.39, 0.29) is 5.58 Å². The van der Waals surface area contributed by atoms with E-state index < -0.39 is 35.4 Å². The highest BCUT2D eigenvalue weighted by atomic mass is 16.6. The molecule has 0 aliphatic carbocycles. The van der Waals surface area contributed by atoms with E-state index in [0.717, 1.165) is 5.57 Å². The zero-order valence-corrected chi connectivity index (χ0v) is 16.4. The summed E-state index contributed by atoms with van der Waals surface area (Å²) >= 11 is 0. The molecular weight excluding hydrogens is 364 g/mol. The van der Waals surface area contributed by atoms with Gasteiger partial charge < -0.3 is 18.6 Å². The van der Waals surface area contributed by atoms with E-state index >= 15 is 0 Å². The molecule has 1 aliphatic rings. The Morgan fingerprint density at radius 2 is 1.79 bits per heavy atom. The van der Waals surface area contributed by atoms with Gasteiger partial charge in [-0.25, -0.2) is 9.59 Å². The summed E-state index contributed by atoms with van der Waals surface area (Å²) in [5.74, 6) is -0.655. The number of allylic oxidation sites excluding steroid dienone is 1. The van der Waals surface area contributed by atoms with E-state index in [1.807, 2.05) is 0 Å². The Morgan fingerprint density at radius 1 is 1.11 bits per heavy atom. The van der Waals surface area contributed by atoms with Gasteiger partial charge in [-0.2, -0.15) is 0 Å². The Bertz CT molecular complexity index is 1020. The molecule has 0 N–H and O–H groups in total. The maximum Gasteiger partial charge on any atom is 0.336 e. The maximum atomic E-state index is 12.4. The first-order valence-corrected chi connectivity index (χ1v) is 8.87. The Labute approximate surface area is 161 Å². The average Bonchev–Trinajstić information content (AvgIpc) is 2.92. The molecule has 0 saturated heterocycles. The van der Waals surface area contributed by atoms with Crippen LogP contribution in [0.25, 0.3) is 11.0 Å². The van der Waals surface area contributed by atoms with E-state index in [0.29, 0.717) is 16.7 Å². The van der Waals surface area contributed by atoms with Crippen LogP contribution in [-0.2, 0) is 19.1 Å². The van der Waals surface area contributed by atoms with E-state index in [4.69, 9.17) is 18.6 Å². The lowest BCUT2D eigenvalue weighted by Crippen LogP contribution is -2.46. The zero-order chi connectivity index (χ0) is 20.6. The van der Waals surface area contributed by atoms with Crippen molar-refractivity contribution in [3.63, 3.8) is 0 Å². The zero-order valence-electron chi connectivity index (χ0n) is 16.4. The minimum absolute atomic E-state index is 0.279. The molecule has 0 amide bonds. The molecule has 0 unspecified atom stereocenters. The molecule has 2 atom stereocenters. The van der Waals surface area contributed by atoms with Crippen molar-refractivity contribution in [3.05, 3.63) is 51.9 Å². The third kappa shape index (κ3) is 3.78. The van der Waals surface area contributed by atoms with Crippen LogP contribution in [-0.4, -0.2) is 23.6 Å². The fraction of sp³-hybridized carbons (Fsp3) is 0.381. The maximum absolute atomic E-state index is 12.4. The molecule has 2 aromatic rings. The number of benzene rings is 1. The Kier molecular flexibility index (Phi) is 5.02. The predicted molar refractivity (Wildman–Crippen MR) is 101 cm³/mol. The third-order valence-corrected chi connectivity index (χ3v) is 4.34. The van der Waals surface area contributed by atoms with Crippen LogP contribution in [0.1, 0.15) is 46.3 Å². The minimum atomic E-state index is -1.11. The molecule has 1 aromatic heterocycles. The average molecular weight is 386 g/mol. The van der Waals surface area contributed by atoms with Crippen LogP contribution in [0.15, 0.2) is 45.1 Å². The van der Waals surface area contributed by atoms with Crippen molar-refractivity contribution in [1.82, 2.24) is 0 Å². The molecule has 1 aromatic carbocycles. The van der Waals surface area contributed by atoms with Crippen molar-refractivity contribution in [2.75, 3.05) is 0 Å². The van der Waals surface area contributed by atoms with Crippen molar-refractivity contribution in [2.24, 2.45) is 0 Å². The van der Waals surface area contributed by atoms with Crippen molar-refractivity contribution in [3.8, 4) is 5.75 Å². The summed E-state index contributed by atoms with van der Waals surface area (Å²) in [7, 11) is 0. The normalized spacial score (nSPS) is 18.2. The van der Waals surface area contributed by atoms with E-state index in [2.05, 4.69) is 0 Å². The van der Waals surface area contributed by atoms with Gasteiger partial charge in [0.2, 0.25) is 0 Å². The molecule has 7 heteroatoms. The SMILES string of the molecule is CC(=O)OC(C)(C)[C@H]1Oc2ccc3ccc(=O)oc3c2[C@H]1OC(=O)C=C(C)C. The van der Waals surface area contributed by atoms with Crippen LogP contribution in [0.3, 0.4) is 0 Å². The minimum Gasteiger partial charge on any atom is -0.481 e. The molecule has 0 fully saturated rings. The van der Waals surface area contributed by atoms with Gasteiger partial charge in [-0.15, -0.1) is 0 Å². The van der Waals surface area contributed by atoms with Crippen LogP contribution < -0.4 is 10.4 Å². The molecule has 0 radical (unpaired) electrons. The summed E-state index contributed by atoms with van der Waals surface area (Å²) < 4.78 is 22.5. The van der Waals surface area contributed by atoms with E-state index in [1.165, 1.54) is 19.1 Å². The molecule has 28 heavy (non-hydrogen) atoms. The highest BCUT2D eigenvalue weighted by Crippen LogP contribution is 2.47. The van der Waals surface area contributed by atoms with Gasteiger partial charge in [-0.3, -0.25) is 4.79 Å². The predicted octanol–water partition coefficient (Wildman–Crippen LogP) is 3.45. The molecule has 3 rings (SSSR count). The smallest absolute Gasteiger partial charge is 0.336 e. The largest absolute Gasteiger partial charge is 0.481 e. The lowest BCUT2D eigenvalue weighted by Gasteiger charge is -2.33. The second kappa shape index (κ2) is 7.14. The second-order valence-electron chi connectivity index (χ2n) is 7.46. The van der Waals surface area contributed by atoms with Gasteiger partial charge >= 0.3 is 17.6 Å². The summed E-state index contributed by atoms with van der Waals surface area (Å²) in [5, 5.41) is 0.663. The van der Waals surface area contributed by atoms with Gasteiger partial charge in [0, 0.05) is 24.5 Å².